The van der Waals surface area contributed by atoms with Crippen LogP contribution < -0.4 is 0 Å². The van der Waals surface area contributed by atoms with Crippen molar-refractivity contribution in [1.82, 2.24) is 0 Å². The molecule has 5 aromatic rings. The molecule has 1 unspecified atom stereocenters. The maximum atomic E-state index is 9.33. The molecule has 0 aromatic heterocycles. The standard InChI is InChI=1S/5C9H12O.C3H8O/c1-2-9(10)8-6-4-3-5-7-8;4*10-8-4-7-9-5-2-1-3-6-9;1-2-3-4/h3-7,9-10H,2H2,1H3;4*1-3,5-6,10H,4,7-8H2;4H,2-3H2,1H3. The molecule has 0 amide bonds. The fraction of sp³-hybridized carbons (Fsp3) is 0.375. The molecule has 0 fully saturated rings. The second-order valence-electron chi connectivity index (χ2n) is 12.3. The number of benzene rings is 5. The van der Waals surface area contributed by atoms with E-state index in [1.165, 1.54) is 22.3 Å². The molecule has 5 aromatic carbocycles. The smallest absolute Gasteiger partial charge is 0.0787 e. The van der Waals surface area contributed by atoms with E-state index in [-0.39, 0.29) is 32.5 Å². The lowest BCUT2D eigenvalue weighted by atomic mass is 10.1. The molecule has 6 heteroatoms. The highest BCUT2D eigenvalue weighted by molar-refractivity contribution is 5.18. The molecular weight excluding hydrogens is 673 g/mol. The molecule has 0 radical (unpaired) electrons. The van der Waals surface area contributed by atoms with Gasteiger partial charge in [0.2, 0.25) is 0 Å². The van der Waals surface area contributed by atoms with Crippen LogP contribution in [0.1, 0.15) is 86.3 Å². The first-order chi connectivity index (χ1) is 26.5. The molecule has 6 N–H and O–H groups in total. The van der Waals surface area contributed by atoms with Gasteiger partial charge in [0.05, 0.1) is 6.10 Å². The monoisotopic (exact) mass is 741 g/mol. The van der Waals surface area contributed by atoms with Crippen molar-refractivity contribution >= 4 is 0 Å². The third-order valence-corrected chi connectivity index (χ3v) is 7.66. The molecule has 0 aliphatic heterocycles. The van der Waals surface area contributed by atoms with E-state index in [9.17, 15) is 5.11 Å². The van der Waals surface area contributed by atoms with Crippen molar-refractivity contribution in [2.45, 2.75) is 84.2 Å². The zero-order valence-corrected chi connectivity index (χ0v) is 32.8. The Morgan fingerprint density at radius 1 is 0.352 bits per heavy atom. The highest BCUT2D eigenvalue weighted by Crippen LogP contribution is 2.14. The van der Waals surface area contributed by atoms with Crippen LogP contribution in [0.4, 0.5) is 0 Å². The van der Waals surface area contributed by atoms with Gasteiger partial charge in [-0.25, -0.2) is 0 Å². The lowest BCUT2D eigenvalue weighted by Gasteiger charge is -2.05. The normalized spacial score (nSPS) is 10.1. The van der Waals surface area contributed by atoms with Crippen LogP contribution in [0.25, 0.3) is 0 Å². The van der Waals surface area contributed by atoms with Crippen LogP contribution in [0.15, 0.2) is 152 Å². The number of aryl methyl sites for hydroxylation is 4. The summed E-state index contributed by atoms with van der Waals surface area (Å²) in [6, 6.07) is 50.5. The summed E-state index contributed by atoms with van der Waals surface area (Å²) in [5.41, 5.74) is 6.21. The number of rotatable bonds is 15. The molecule has 1 atom stereocenters. The summed E-state index contributed by atoms with van der Waals surface area (Å²) in [6.45, 7) is 5.37. The van der Waals surface area contributed by atoms with Gasteiger partial charge in [0.25, 0.3) is 0 Å². The molecule has 0 saturated heterocycles. The van der Waals surface area contributed by atoms with Crippen LogP contribution in [0.2, 0.25) is 0 Å². The Labute approximate surface area is 326 Å². The Hall–Kier alpha value is -4.14. The van der Waals surface area contributed by atoms with Crippen LogP contribution in [0.5, 0.6) is 0 Å². The molecule has 0 aliphatic carbocycles. The van der Waals surface area contributed by atoms with E-state index in [0.717, 1.165) is 69.8 Å². The molecule has 5 rings (SSSR count). The summed E-state index contributed by atoms with van der Waals surface area (Å²) in [5.74, 6) is 0. The molecule has 0 bridgehead atoms. The Balaban J connectivity index is 0.000000634. The highest BCUT2D eigenvalue weighted by atomic mass is 16.3. The summed E-state index contributed by atoms with van der Waals surface area (Å²) < 4.78 is 0. The molecule has 0 heterocycles. The number of aliphatic hydroxyl groups is 6. The van der Waals surface area contributed by atoms with Crippen LogP contribution in [0.3, 0.4) is 0 Å². The largest absolute Gasteiger partial charge is 0.396 e. The lowest BCUT2D eigenvalue weighted by molar-refractivity contribution is 0.173. The van der Waals surface area contributed by atoms with E-state index in [1.54, 1.807) is 0 Å². The fourth-order valence-corrected chi connectivity index (χ4v) is 4.62. The Morgan fingerprint density at radius 2 is 0.574 bits per heavy atom. The van der Waals surface area contributed by atoms with Crippen molar-refractivity contribution in [2.24, 2.45) is 0 Å². The van der Waals surface area contributed by atoms with Crippen molar-refractivity contribution < 1.29 is 30.6 Å². The average Bonchev–Trinajstić information content (AvgIpc) is 3.26. The molecule has 54 heavy (non-hydrogen) atoms. The zero-order chi connectivity index (χ0) is 39.7. The van der Waals surface area contributed by atoms with Crippen LogP contribution in [0, 0.1) is 0 Å². The van der Waals surface area contributed by atoms with Gasteiger partial charge in [-0.2, -0.15) is 0 Å². The average molecular weight is 741 g/mol. The van der Waals surface area contributed by atoms with Crippen molar-refractivity contribution in [2.75, 3.05) is 33.0 Å². The second-order valence-corrected chi connectivity index (χ2v) is 12.3. The molecular formula is C48H68O6. The minimum atomic E-state index is -0.291. The minimum absolute atomic E-state index is 0.287. The van der Waals surface area contributed by atoms with E-state index in [4.69, 9.17) is 25.5 Å². The van der Waals surface area contributed by atoms with Gasteiger partial charge in [-0.15, -0.1) is 0 Å². The van der Waals surface area contributed by atoms with Crippen molar-refractivity contribution in [1.29, 1.82) is 0 Å². The maximum Gasteiger partial charge on any atom is 0.0787 e. The van der Waals surface area contributed by atoms with Crippen molar-refractivity contribution in [3.8, 4) is 0 Å². The Morgan fingerprint density at radius 3 is 0.759 bits per heavy atom. The highest BCUT2D eigenvalue weighted by Gasteiger charge is 2.01. The lowest BCUT2D eigenvalue weighted by Crippen LogP contribution is -1.93. The Bertz CT molecular complexity index is 1230. The van der Waals surface area contributed by atoms with Gasteiger partial charge in [-0.05, 0) is 92.0 Å². The van der Waals surface area contributed by atoms with E-state index >= 15 is 0 Å². The topological polar surface area (TPSA) is 121 Å². The molecule has 0 aliphatic rings. The number of hydrogen-bond donors (Lipinski definition) is 6. The number of hydrogen-bond acceptors (Lipinski definition) is 6. The van der Waals surface area contributed by atoms with Gasteiger partial charge in [0, 0.05) is 33.0 Å². The van der Waals surface area contributed by atoms with Gasteiger partial charge in [0.1, 0.15) is 0 Å². The van der Waals surface area contributed by atoms with E-state index in [0.29, 0.717) is 6.61 Å². The molecule has 296 valence electrons. The van der Waals surface area contributed by atoms with E-state index < -0.39 is 0 Å². The van der Waals surface area contributed by atoms with E-state index in [2.05, 4.69) is 48.5 Å². The summed E-state index contributed by atoms with van der Waals surface area (Å²) in [4.78, 5) is 0. The third kappa shape index (κ3) is 30.3. The predicted octanol–water partition coefficient (Wildman–Crippen LogP) is 8.96. The summed E-state index contributed by atoms with van der Waals surface area (Å²) in [5, 5.41) is 51.3. The fourth-order valence-electron chi connectivity index (χ4n) is 4.62. The SMILES string of the molecule is CCC(O)c1ccccc1.CCCO.OCCCc1ccccc1.OCCCc1ccccc1.OCCCc1ccccc1.OCCCc1ccccc1. The molecule has 6 nitrogen and oxygen atoms in total. The zero-order valence-electron chi connectivity index (χ0n) is 32.8. The summed E-state index contributed by atoms with van der Waals surface area (Å²) in [7, 11) is 0. The van der Waals surface area contributed by atoms with Crippen molar-refractivity contribution in [3.05, 3.63) is 179 Å². The second kappa shape index (κ2) is 38.6. The maximum absolute atomic E-state index is 9.33. The first-order valence-electron chi connectivity index (χ1n) is 19.4. The van der Waals surface area contributed by atoms with E-state index in [1.807, 2.05) is 117 Å². The molecule has 0 saturated carbocycles. The van der Waals surface area contributed by atoms with Crippen LogP contribution >= 0.6 is 0 Å². The third-order valence-electron chi connectivity index (χ3n) is 7.66. The van der Waals surface area contributed by atoms with Crippen LogP contribution in [-0.2, 0) is 25.7 Å². The van der Waals surface area contributed by atoms with Crippen LogP contribution in [-0.4, -0.2) is 63.7 Å². The van der Waals surface area contributed by atoms with Gasteiger partial charge in [-0.3, -0.25) is 0 Å². The first kappa shape index (κ1) is 49.9. The number of aliphatic hydroxyl groups excluding tert-OH is 6. The first-order valence-corrected chi connectivity index (χ1v) is 19.4. The predicted molar refractivity (Wildman–Crippen MR) is 226 cm³/mol. The summed E-state index contributed by atoms with van der Waals surface area (Å²) in [6.07, 6.45) is 8.76. The van der Waals surface area contributed by atoms with Gasteiger partial charge < -0.3 is 30.6 Å². The van der Waals surface area contributed by atoms with Gasteiger partial charge >= 0.3 is 0 Å². The summed E-state index contributed by atoms with van der Waals surface area (Å²) >= 11 is 0. The van der Waals surface area contributed by atoms with Gasteiger partial charge in [0.15, 0.2) is 0 Å². The quantitative estimate of drug-likeness (QED) is 0.0638. The van der Waals surface area contributed by atoms with Gasteiger partial charge in [-0.1, -0.05) is 166 Å². The molecule has 0 spiro atoms. The van der Waals surface area contributed by atoms with Crippen molar-refractivity contribution in [3.63, 3.8) is 0 Å². The minimum Gasteiger partial charge on any atom is -0.396 e. The Kier molecular flexibility index (Phi) is 35.6.